The Kier molecular flexibility index (Phi) is 9.73. The first kappa shape index (κ1) is 19.7. The molecule has 0 heterocycles. The summed E-state index contributed by atoms with van der Waals surface area (Å²) in [7, 11) is 4.11. The molecule has 0 fully saturated rings. The fraction of sp³-hybridized carbons (Fsp3) is 0.385. The molecule has 3 N–H and O–H groups in total. The van der Waals surface area contributed by atoms with E-state index in [0.717, 1.165) is 25.2 Å². The van der Waals surface area contributed by atoms with Crippen LogP contribution in [0.1, 0.15) is 5.56 Å². The molecule has 0 spiro atoms. The normalized spacial score (nSPS) is 9.95. The third kappa shape index (κ3) is 10.1. The maximum absolute atomic E-state index is 9.10. The number of carbonyl (C=O) groups is 2. The Morgan fingerprint density at radius 3 is 2.14 bits per heavy atom. The fourth-order valence-corrected chi connectivity index (χ4v) is 1.51. The lowest BCUT2D eigenvalue weighted by molar-refractivity contribution is -0.159. The van der Waals surface area contributed by atoms with Crippen LogP contribution in [0.5, 0.6) is 0 Å². The van der Waals surface area contributed by atoms with Crippen LogP contribution in [-0.4, -0.2) is 54.2 Å². The Bertz CT molecular complexity index is 469. The van der Waals surface area contributed by atoms with Crippen LogP contribution in [0, 0.1) is 0 Å². The highest BCUT2D eigenvalue weighted by Gasteiger charge is 2.04. The van der Waals surface area contributed by atoms with Gasteiger partial charge < -0.3 is 20.4 Å². The van der Waals surface area contributed by atoms with Gasteiger partial charge in [0.05, 0.1) is 10.0 Å². The average molecular weight is 337 g/mol. The molecule has 0 aliphatic rings. The molecule has 8 heteroatoms. The van der Waals surface area contributed by atoms with Crippen molar-refractivity contribution in [1.29, 1.82) is 0 Å². The minimum atomic E-state index is -1.82. The summed E-state index contributed by atoms with van der Waals surface area (Å²) in [6.07, 6.45) is 0. The van der Waals surface area contributed by atoms with Crippen LogP contribution >= 0.6 is 23.2 Å². The summed E-state index contributed by atoms with van der Waals surface area (Å²) < 4.78 is 0. The molecule has 0 aromatic heterocycles. The molecule has 0 unspecified atom stereocenters. The molecule has 0 bridgehead atoms. The van der Waals surface area contributed by atoms with Crippen LogP contribution in [0.25, 0.3) is 0 Å². The second-order valence-corrected chi connectivity index (χ2v) is 5.15. The number of nitrogens with zero attached hydrogens (tertiary/aromatic N) is 1. The highest BCUT2D eigenvalue weighted by molar-refractivity contribution is 6.42. The number of likely N-dealkylation sites (N-methyl/N-ethyl adjacent to an activating group) is 1. The van der Waals surface area contributed by atoms with Crippen molar-refractivity contribution >= 4 is 35.1 Å². The second kappa shape index (κ2) is 10.4. The molecule has 0 radical (unpaired) electrons. The van der Waals surface area contributed by atoms with Crippen LogP contribution in [0.2, 0.25) is 10.0 Å². The van der Waals surface area contributed by atoms with Gasteiger partial charge in [-0.2, -0.15) is 0 Å². The summed E-state index contributed by atoms with van der Waals surface area (Å²) >= 11 is 11.7. The largest absolute Gasteiger partial charge is 0.473 e. The molecule has 0 saturated carbocycles. The lowest BCUT2D eigenvalue weighted by Crippen LogP contribution is -2.26. The molecule has 6 nitrogen and oxygen atoms in total. The van der Waals surface area contributed by atoms with Gasteiger partial charge in [-0.25, -0.2) is 9.59 Å². The van der Waals surface area contributed by atoms with Crippen molar-refractivity contribution in [3.63, 3.8) is 0 Å². The molecule has 1 aromatic carbocycles. The summed E-state index contributed by atoms with van der Waals surface area (Å²) in [6.45, 7) is 2.82. The van der Waals surface area contributed by atoms with Crippen molar-refractivity contribution in [3.8, 4) is 0 Å². The maximum Gasteiger partial charge on any atom is 0.414 e. The van der Waals surface area contributed by atoms with Crippen LogP contribution in [-0.2, 0) is 16.1 Å². The van der Waals surface area contributed by atoms with E-state index in [1.807, 2.05) is 18.2 Å². The van der Waals surface area contributed by atoms with E-state index in [0.29, 0.717) is 10.0 Å². The Morgan fingerprint density at radius 1 is 1.14 bits per heavy atom. The van der Waals surface area contributed by atoms with E-state index >= 15 is 0 Å². The zero-order valence-electron chi connectivity index (χ0n) is 11.8. The third-order valence-corrected chi connectivity index (χ3v) is 2.97. The number of carboxylic acids is 2. The highest BCUT2D eigenvalue weighted by Crippen LogP contribution is 2.22. The second-order valence-electron chi connectivity index (χ2n) is 4.34. The van der Waals surface area contributed by atoms with Gasteiger partial charge >= 0.3 is 11.9 Å². The zero-order valence-corrected chi connectivity index (χ0v) is 13.3. The van der Waals surface area contributed by atoms with Crippen molar-refractivity contribution in [3.05, 3.63) is 33.8 Å². The molecule has 0 aliphatic heterocycles. The van der Waals surface area contributed by atoms with E-state index in [4.69, 9.17) is 43.0 Å². The van der Waals surface area contributed by atoms with Crippen LogP contribution in [0.15, 0.2) is 18.2 Å². The molecule has 21 heavy (non-hydrogen) atoms. The predicted octanol–water partition coefficient (Wildman–Crippen LogP) is 1.80. The number of halogens is 2. The summed E-state index contributed by atoms with van der Waals surface area (Å²) in [5, 5.41) is 19.3. The summed E-state index contributed by atoms with van der Waals surface area (Å²) in [4.78, 5) is 20.3. The molecule has 0 saturated heterocycles. The minimum absolute atomic E-state index is 0.605. The Hall–Kier alpha value is -1.34. The van der Waals surface area contributed by atoms with E-state index in [9.17, 15) is 0 Å². The van der Waals surface area contributed by atoms with Crippen LogP contribution < -0.4 is 5.32 Å². The van der Waals surface area contributed by atoms with Gasteiger partial charge in [0.1, 0.15) is 0 Å². The van der Waals surface area contributed by atoms with Gasteiger partial charge in [0.2, 0.25) is 0 Å². The molecule has 0 atom stereocenters. The third-order valence-electron chi connectivity index (χ3n) is 2.23. The Morgan fingerprint density at radius 2 is 1.71 bits per heavy atom. The van der Waals surface area contributed by atoms with Gasteiger partial charge in [-0.1, -0.05) is 29.3 Å². The summed E-state index contributed by atoms with van der Waals surface area (Å²) in [6, 6.07) is 5.70. The smallest absolute Gasteiger partial charge is 0.414 e. The first-order valence-electron chi connectivity index (χ1n) is 5.99. The molecular weight excluding hydrogens is 319 g/mol. The predicted molar refractivity (Wildman–Crippen MR) is 82.0 cm³/mol. The Balaban J connectivity index is 0.000000567. The molecule has 1 aromatic rings. The number of nitrogens with one attached hydrogen (secondary N) is 1. The van der Waals surface area contributed by atoms with E-state index in [1.165, 1.54) is 0 Å². The zero-order chi connectivity index (χ0) is 16.4. The van der Waals surface area contributed by atoms with Crippen molar-refractivity contribution in [1.82, 2.24) is 10.2 Å². The van der Waals surface area contributed by atoms with Gasteiger partial charge in [0, 0.05) is 19.6 Å². The van der Waals surface area contributed by atoms with Crippen LogP contribution in [0.4, 0.5) is 0 Å². The lowest BCUT2D eigenvalue weighted by Gasteiger charge is -2.10. The SMILES string of the molecule is CN(C)CCNCc1ccc(Cl)c(Cl)c1.O=C(O)C(=O)O. The van der Waals surface area contributed by atoms with Crippen molar-refractivity contribution in [2.24, 2.45) is 0 Å². The van der Waals surface area contributed by atoms with Gasteiger partial charge in [-0.3, -0.25) is 0 Å². The summed E-state index contributed by atoms with van der Waals surface area (Å²) in [5.41, 5.74) is 1.16. The first-order chi connectivity index (χ1) is 9.73. The Labute approximate surface area is 133 Å². The minimum Gasteiger partial charge on any atom is -0.473 e. The fourth-order valence-electron chi connectivity index (χ4n) is 1.18. The van der Waals surface area contributed by atoms with E-state index in [2.05, 4.69) is 24.3 Å². The van der Waals surface area contributed by atoms with Gasteiger partial charge in [0.15, 0.2) is 0 Å². The van der Waals surface area contributed by atoms with Crippen molar-refractivity contribution < 1.29 is 19.8 Å². The lowest BCUT2D eigenvalue weighted by atomic mass is 10.2. The van der Waals surface area contributed by atoms with Gasteiger partial charge in [-0.05, 0) is 31.8 Å². The van der Waals surface area contributed by atoms with Gasteiger partial charge in [-0.15, -0.1) is 0 Å². The topological polar surface area (TPSA) is 89.9 Å². The van der Waals surface area contributed by atoms with Gasteiger partial charge in [0.25, 0.3) is 0 Å². The number of carboxylic acid groups (broad SMARTS) is 2. The van der Waals surface area contributed by atoms with E-state index < -0.39 is 11.9 Å². The standard InChI is InChI=1S/C11H16Cl2N2.C2H2O4/c1-15(2)6-5-14-8-9-3-4-10(12)11(13)7-9;3-1(4)2(5)6/h3-4,7,14H,5-6,8H2,1-2H3;(H,3,4)(H,5,6). The number of hydrogen-bond donors (Lipinski definition) is 3. The molecule has 118 valence electrons. The number of rotatable bonds is 5. The molecular formula is C13H18Cl2N2O4. The van der Waals surface area contributed by atoms with Crippen molar-refractivity contribution in [2.75, 3.05) is 27.2 Å². The number of benzene rings is 1. The molecule has 0 aliphatic carbocycles. The summed E-state index contributed by atoms with van der Waals surface area (Å²) in [5.74, 6) is -3.65. The van der Waals surface area contributed by atoms with E-state index in [-0.39, 0.29) is 0 Å². The van der Waals surface area contributed by atoms with E-state index in [1.54, 1.807) is 0 Å². The van der Waals surface area contributed by atoms with Crippen molar-refractivity contribution in [2.45, 2.75) is 6.54 Å². The number of aliphatic carboxylic acids is 2. The maximum atomic E-state index is 9.10. The monoisotopic (exact) mass is 336 g/mol. The first-order valence-corrected chi connectivity index (χ1v) is 6.75. The average Bonchev–Trinajstić information content (AvgIpc) is 2.39. The molecule has 0 amide bonds. The van der Waals surface area contributed by atoms with Crippen LogP contribution in [0.3, 0.4) is 0 Å². The number of hydrogen-bond acceptors (Lipinski definition) is 4. The highest BCUT2D eigenvalue weighted by atomic mass is 35.5. The quantitative estimate of drug-likeness (QED) is 0.561. The molecule has 1 rings (SSSR count).